The molecule has 1 aliphatic rings. The van der Waals surface area contributed by atoms with Gasteiger partial charge in [0.1, 0.15) is 11.5 Å². The van der Waals surface area contributed by atoms with Gasteiger partial charge in [0.25, 0.3) is 11.7 Å². The molecule has 1 heterocycles. The number of benzene rings is 3. The van der Waals surface area contributed by atoms with Gasteiger partial charge in [0, 0.05) is 11.3 Å². The summed E-state index contributed by atoms with van der Waals surface area (Å²) in [6.07, 6.45) is -0.183. The third-order valence-corrected chi connectivity index (χ3v) is 6.08. The number of anilines is 1. The van der Waals surface area contributed by atoms with Crippen molar-refractivity contribution in [2.75, 3.05) is 26.2 Å². The molecule has 9 heteroatoms. The molecule has 0 saturated carbocycles. The van der Waals surface area contributed by atoms with Gasteiger partial charge in [-0.25, -0.2) is 0 Å². The summed E-state index contributed by atoms with van der Waals surface area (Å²) in [4.78, 5) is 39.1. The number of carboxylic acid groups (broad SMARTS) is 1. The minimum atomic E-state index is -0.987. The number of Topliss-reactive ketones (excluding diaryl/α,β-unsaturated/α-hetero) is 1. The van der Waals surface area contributed by atoms with Gasteiger partial charge in [-0.05, 0) is 53.6 Å². The highest BCUT2D eigenvalue weighted by Gasteiger charge is 2.47. The number of methoxy groups -OCH3 is 3. The molecule has 9 nitrogen and oxygen atoms in total. The fraction of sp³-hybridized carbons (Fsp3) is 0.179. The monoisotopic (exact) mass is 503 g/mol. The van der Waals surface area contributed by atoms with Gasteiger partial charge in [-0.15, -0.1) is 0 Å². The highest BCUT2D eigenvalue weighted by Crippen LogP contribution is 2.43. The number of nitrogens with zero attached hydrogens (tertiary/aromatic N) is 1. The molecule has 190 valence electrons. The Morgan fingerprint density at radius 2 is 1.57 bits per heavy atom. The van der Waals surface area contributed by atoms with Crippen LogP contribution in [-0.2, 0) is 20.8 Å². The Bertz CT molecular complexity index is 1390. The number of amides is 1. The first-order valence-corrected chi connectivity index (χ1v) is 11.3. The van der Waals surface area contributed by atoms with E-state index in [2.05, 4.69) is 0 Å². The first kappa shape index (κ1) is 25.3. The van der Waals surface area contributed by atoms with Gasteiger partial charge in [-0.3, -0.25) is 19.3 Å². The Kier molecular flexibility index (Phi) is 7.15. The molecule has 0 aliphatic carbocycles. The summed E-state index contributed by atoms with van der Waals surface area (Å²) < 4.78 is 15.9. The Morgan fingerprint density at radius 1 is 0.865 bits per heavy atom. The van der Waals surface area contributed by atoms with E-state index in [-0.39, 0.29) is 23.3 Å². The van der Waals surface area contributed by atoms with E-state index >= 15 is 0 Å². The van der Waals surface area contributed by atoms with Crippen LogP contribution < -0.4 is 19.1 Å². The summed E-state index contributed by atoms with van der Waals surface area (Å²) in [6.45, 7) is 0. The summed E-state index contributed by atoms with van der Waals surface area (Å²) in [5.74, 6) is -1.78. The van der Waals surface area contributed by atoms with Crippen LogP contribution in [0.25, 0.3) is 5.76 Å². The fourth-order valence-corrected chi connectivity index (χ4v) is 4.31. The van der Waals surface area contributed by atoms with Crippen molar-refractivity contribution in [3.8, 4) is 17.2 Å². The number of aliphatic carboxylic acids is 1. The van der Waals surface area contributed by atoms with Crippen LogP contribution in [0.5, 0.6) is 17.2 Å². The lowest BCUT2D eigenvalue weighted by Crippen LogP contribution is -2.29. The molecule has 2 N–H and O–H groups in total. The van der Waals surface area contributed by atoms with Gasteiger partial charge in [0.2, 0.25) is 0 Å². The Balaban J connectivity index is 1.90. The van der Waals surface area contributed by atoms with Crippen molar-refractivity contribution >= 4 is 29.1 Å². The number of carboxylic acids is 1. The van der Waals surface area contributed by atoms with E-state index in [1.165, 1.54) is 32.3 Å². The van der Waals surface area contributed by atoms with E-state index in [0.717, 1.165) is 0 Å². The molecule has 1 saturated heterocycles. The maximum atomic E-state index is 13.4. The van der Waals surface area contributed by atoms with Gasteiger partial charge < -0.3 is 24.4 Å². The number of hydrogen-bond acceptors (Lipinski definition) is 7. The summed E-state index contributed by atoms with van der Waals surface area (Å²) in [5, 5.41) is 20.4. The first-order valence-electron chi connectivity index (χ1n) is 11.3. The van der Waals surface area contributed by atoms with Crippen molar-refractivity contribution < 1.29 is 38.8 Å². The SMILES string of the molecule is COc1cccc(C2/C(=C(/O)c3ccc(OC)c(OC)c3)C(=O)C(=O)N2c2ccc(CC(=O)O)cc2)c1. The molecule has 0 radical (unpaired) electrons. The number of carbonyl (C=O) groups is 3. The summed E-state index contributed by atoms with van der Waals surface area (Å²) in [7, 11) is 4.43. The van der Waals surface area contributed by atoms with Crippen LogP contribution in [0.1, 0.15) is 22.7 Å². The fourth-order valence-electron chi connectivity index (χ4n) is 4.31. The van der Waals surface area contributed by atoms with Gasteiger partial charge in [-0.2, -0.15) is 0 Å². The zero-order chi connectivity index (χ0) is 26.7. The van der Waals surface area contributed by atoms with Crippen LogP contribution >= 0.6 is 0 Å². The van der Waals surface area contributed by atoms with E-state index in [9.17, 15) is 19.5 Å². The Hall–Kier alpha value is -4.79. The van der Waals surface area contributed by atoms with Crippen LogP contribution in [0, 0.1) is 0 Å². The number of ketones is 1. The van der Waals surface area contributed by atoms with E-state index in [4.69, 9.17) is 19.3 Å². The zero-order valence-corrected chi connectivity index (χ0v) is 20.4. The second-order valence-corrected chi connectivity index (χ2v) is 8.25. The number of aliphatic hydroxyl groups is 1. The molecule has 1 fully saturated rings. The lowest BCUT2D eigenvalue weighted by molar-refractivity contribution is -0.136. The summed E-state index contributed by atoms with van der Waals surface area (Å²) in [6, 6.07) is 16.9. The lowest BCUT2D eigenvalue weighted by Gasteiger charge is -2.26. The van der Waals surface area contributed by atoms with Crippen molar-refractivity contribution in [2.24, 2.45) is 0 Å². The Labute approximate surface area is 213 Å². The number of hydrogen-bond donors (Lipinski definition) is 2. The largest absolute Gasteiger partial charge is 0.507 e. The van der Waals surface area contributed by atoms with Gasteiger partial charge in [0.15, 0.2) is 11.5 Å². The number of rotatable bonds is 8. The van der Waals surface area contributed by atoms with Crippen molar-refractivity contribution in [2.45, 2.75) is 12.5 Å². The molecular formula is C28H25NO8. The molecule has 1 amide bonds. The predicted octanol–water partition coefficient (Wildman–Crippen LogP) is 3.97. The molecule has 1 atom stereocenters. The molecule has 37 heavy (non-hydrogen) atoms. The van der Waals surface area contributed by atoms with Crippen LogP contribution in [0.3, 0.4) is 0 Å². The molecule has 0 bridgehead atoms. The normalized spacial score (nSPS) is 16.5. The molecule has 3 aromatic carbocycles. The minimum absolute atomic E-state index is 0.111. The van der Waals surface area contributed by atoms with E-state index in [1.807, 2.05) is 0 Å². The van der Waals surface area contributed by atoms with Gasteiger partial charge >= 0.3 is 5.97 Å². The third-order valence-electron chi connectivity index (χ3n) is 6.08. The molecule has 1 aliphatic heterocycles. The second kappa shape index (κ2) is 10.4. The molecule has 4 rings (SSSR count). The van der Waals surface area contributed by atoms with Crippen molar-refractivity contribution in [1.29, 1.82) is 0 Å². The van der Waals surface area contributed by atoms with E-state index in [1.54, 1.807) is 60.7 Å². The van der Waals surface area contributed by atoms with E-state index < -0.39 is 23.7 Å². The molecule has 3 aromatic rings. The van der Waals surface area contributed by atoms with Crippen molar-refractivity contribution in [3.63, 3.8) is 0 Å². The van der Waals surface area contributed by atoms with Crippen LogP contribution in [0.2, 0.25) is 0 Å². The molecular weight excluding hydrogens is 478 g/mol. The Morgan fingerprint density at radius 3 is 2.19 bits per heavy atom. The second-order valence-electron chi connectivity index (χ2n) is 8.25. The summed E-state index contributed by atoms with van der Waals surface area (Å²) >= 11 is 0. The predicted molar refractivity (Wildman–Crippen MR) is 135 cm³/mol. The van der Waals surface area contributed by atoms with E-state index in [0.29, 0.717) is 34.1 Å². The smallest absolute Gasteiger partial charge is 0.307 e. The lowest BCUT2D eigenvalue weighted by atomic mass is 9.94. The summed E-state index contributed by atoms with van der Waals surface area (Å²) in [5.41, 5.74) is 1.60. The number of ether oxygens (including phenoxy) is 3. The minimum Gasteiger partial charge on any atom is -0.507 e. The first-order chi connectivity index (χ1) is 17.8. The maximum Gasteiger partial charge on any atom is 0.307 e. The highest BCUT2D eigenvalue weighted by molar-refractivity contribution is 6.51. The topological polar surface area (TPSA) is 123 Å². The number of carbonyl (C=O) groups excluding carboxylic acids is 2. The quantitative estimate of drug-likeness (QED) is 0.269. The standard InChI is InChI=1S/C28H25NO8/c1-35-20-6-4-5-17(14-20)25-24(26(32)18-9-12-21(36-2)22(15-18)37-3)27(33)28(34)29(25)19-10-7-16(8-11-19)13-23(30)31/h4-12,14-15,25,32H,13H2,1-3H3,(H,30,31)/b26-24-. The average Bonchev–Trinajstić information content (AvgIpc) is 3.18. The highest BCUT2D eigenvalue weighted by atomic mass is 16.5. The molecule has 0 spiro atoms. The molecule has 1 unspecified atom stereocenters. The zero-order valence-electron chi connectivity index (χ0n) is 20.4. The van der Waals surface area contributed by atoms with Crippen LogP contribution in [0.4, 0.5) is 5.69 Å². The number of aliphatic hydroxyl groups excluding tert-OH is 1. The van der Waals surface area contributed by atoms with Crippen molar-refractivity contribution in [3.05, 3.63) is 89.0 Å². The van der Waals surface area contributed by atoms with Crippen LogP contribution in [0.15, 0.2) is 72.3 Å². The third kappa shape index (κ3) is 4.84. The van der Waals surface area contributed by atoms with Crippen molar-refractivity contribution in [1.82, 2.24) is 0 Å². The van der Waals surface area contributed by atoms with Gasteiger partial charge in [-0.1, -0.05) is 24.3 Å². The maximum absolute atomic E-state index is 13.4. The van der Waals surface area contributed by atoms with Gasteiger partial charge in [0.05, 0.1) is 39.4 Å². The van der Waals surface area contributed by atoms with Crippen LogP contribution in [-0.4, -0.2) is 49.2 Å². The molecule has 0 aromatic heterocycles. The average molecular weight is 504 g/mol.